The number of carboxylic acids is 1. The number of benzene rings is 1. The summed E-state index contributed by atoms with van der Waals surface area (Å²) in [6.07, 6.45) is -5.92. The molecule has 1 aromatic carbocycles. The molecule has 1 aromatic rings. The van der Waals surface area contributed by atoms with Gasteiger partial charge in [-0.05, 0) is 18.2 Å². The lowest BCUT2D eigenvalue weighted by Gasteiger charge is -2.19. The summed E-state index contributed by atoms with van der Waals surface area (Å²) < 4.78 is 51.3. The largest absolute Gasteiger partial charge is 0.480 e. The van der Waals surface area contributed by atoms with E-state index < -0.39 is 47.1 Å². The van der Waals surface area contributed by atoms with Crippen molar-refractivity contribution in [2.45, 2.75) is 18.3 Å². The number of hydrogen-bond acceptors (Lipinski definition) is 3. The first-order chi connectivity index (χ1) is 10.1. The molecule has 22 heavy (non-hydrogen) atoms. The zero-order chi connectivity index (χ0) is 17.1. The molecule has 0 radical (unpaired) electrons. The lowest BCUT2D eigenvalue weighted by molar-refractivity contribution is -0.141. The Kier molecular flexibility index (Phi) is 5.26. The summed E-state index contributed by atoms with van der Waals surface area (Å²) in [5, 5.41) is 19.9. The molecule has 2 atom stereocenters. The molecule has 0 saturated heterocycles. The molecule has 0 bridgehead atoms. The van der Waals surface area contributed by atoms with Crippen LogP contribution in [0.1, 0.15) is 15.9 Å². The van der Waals surface area contributed by atoms with Crippen molar-refractivity contribution in [1.29, 1.82) is 0 Å². The van der Waals surface area contributed by atoms with Crippen molar-refractivity contribution in [2.24, 2.45) is 0 Å². The predicted molar refractivity (Wildman–Crippen MR) is 66.5 cm³/mol. The number of carbonyl (C=O) groups excluding carboxylic acids is 1. The van der Waals surface area contributed by atoms with E-state index in [0.29, 0.717) is 12.1 Å². The van der Waals surface area contributed by atoms with Crippen molar-refractivity contribution in [3.63, 3.8) is 0 Å². The molecule has 0 aliphatic rings. The maximum Gasteiger partial charge on any atom is 0.417 e. The molecule has 120 valence electrons. The summed E-state index contributed by atoms with van der Waals surface area (Å²) in [4.78, 5) is 22.7. The van der Waals surface area contributed by atoms with Crippen LogP contribution in [0.2, 0.25) is 0 Å². The highest BCUT2D eigenvalue weighted by atomic mass is 19.4. The van der Waals surface area contributed by atoms with Gasteiger partial charge in [0, 0.05) is 0 Å². The van der Waals surface area contributed by atoms with Gasteiger partial charge in [-0.15, -0.1) is 6.58 Å². The molecule has 0 aliphatic carbocycles. The summed E-state index contributed by atoms with van der Waals surface area (Å²) in [5.41, 5.74) is -2.52. The van der Waals surface area contributed by atoms with Crippen LogP contribution in [0.4, 0.5) is 17.6 Å². The molecule has 0 aliphatic heterocycles. The molecule has 0 spiro atoms. The normalized spacial score (nSPS) is 14.0. The molecule has 0 aromatic heterocycles. The van der Waals surface area contributed by atoms with Crippen molar-refractivity contribution in [1.82, 2.24) is 5.32 Å². The van der Waals surface area contributed by atoms with E-state index in [-0.39, 0.29) is 6.07 Å². The molecule has 1 rings (SSSR count). The van der Waals surface area contributed by atoms with E-state index >= 15 is 0 Å². The lowest BCUT2D eigenvalue weighted by atomic mass is 10.0. The van der Waals surface area contributed by atoms with Crippen molar-refractivity contribution in [3.8, 4) is 0 Å². The fraction of sp³-hybridized carbons (Fsp3) is 0.231. The van der Waals surface area contributed by atoms with Gasteiger partial charge < -0.3 is 15.5 Å². The third-order valence-corrected chi connectivity index (χ3v) is 2.67. The number of carboxylic acid groups (broad SMARTS) is 1. The first-order valence-electron chi connectivity index (χ1n) is 5.79. The maximum absolute atomic E-state index is 12.9. The Bertz CT molecular complexity index is 600. The second kappa shape index (κ2) is 6.56. The van der Waals surface area contributed by atoms with Gasteiger partial charge >= 0.3 is 12.1 Å². The molecule has 0 fully saturated rings. The smallest absolute Gasteiger partial charge is 0.417 e. The minimum atomic E-state index is -5.01. The average molecular weight is 321 g/mol. The van der Waals surface area contributed by atoms with Crippen LogP contribution in [0.25, 0.3) is 0 Å². The summed E-state index contributed by atoms with van der Waals surface area (Å²) in [6, 6.07) is -0.568. The number of aliphatic hydroxyl groups excluding tert-OH is 1. The molecule has 9 heteroatoms. The van der Waals surface area contributed by atoms with Crippen LogP contribution in [-0.4, -0.2) is 34.2 Å². The molecule has 3 N–H and O–H groups in total. The number of aliphatic carboxylic acids is 1. The van der Waals surface area contributed by atoms with E-state index in [1.54, 1.807) is 5.32 Å². The van der Waals surface area contributed by atoms with E-state index in [4.69, 9.17) is 5.11 Å². The van der Waals surface area contributed by atoms with Gasteiger partial charge in [0.15, 0.2) is 6.04 Å². The highest BCUT2D eigenvalue weighted by Crippen LogP contribution is 2.32. The van der Waals surface area contributed by atoms with Crippen LogP contribution in [0.15, 0.2) is 30.9 Å². The second-order valence-electron chi connectivity index (χ2n) is 4.20. The van der Waals surface area contributed by atoms with Crippen LogP contribution in [0.3, 0.4) is 0 Å². The van der Waals surface area contributed by atoms with Crippen LogP contribution < -0.4 is 5.32 Å². The van der Waals surface area contributed by atoms with E-state index in [2.05, 4.69) is 6.58 Å². The molecular weight excluding hydrogens is 310 g/mol. The summed E-state index contributed by atoms with van der Waals surface area (Å²) in [6.45, 7) is 3.12. The molecule has 2 unspecified atom stereocenters. The second-order valence-corrected chi connectivity index (χ2v) is 4.20. The van der Waals surface area contributed by atoms with Gasteiger partial charge in [0.1, 0.15) is 11.9 Å². The van der Waals surface area contributed by atoms with Crippen molar-refractivity contribution in [2.75, 3.05) is 0 Å². The van der Waals surface area contributed by atoms with Gasteiger partial charge in [0.2, 0.25) is 0 Å². The van der Waals surface area contributed by atoms with E-state index in [0.717, 1.165) is 6.08 Å². The topological polar surface area (TPSA) is 86.6 Å². The Labute approximate surface area is 121 Å². The Morgan fingerprint density at radius 2 is 1.91 bits per heavy atom. The minimum Gasteiger partial charge on any atom is -0.480 e. The molecule has 5 nitrogen and oxygen atoms in total. The van der Waals surface area contributed by atoms with E-state index in [9.17, 15) is 32.3 Å². The molecule has 0 saturated carbocycles. The van der Waals surface area contributed by atoms with Crippen molar-refractivity contribution < 1.29 is 37.4 Å². The zero-order valence-corrected chi connectivity index (χ0v) is 10.9. The Balaban J connectivity index is 3.18. The fourth-order valence-electron chi connectivity index (χ4n) is 1.60. The van der Waals surface area contributed by atoms with Crippen LogP contribution in [0, 0.1) is 5.82 Å². The Morgan fingerprint density at radius 1 is 1.32 bits per heavy atom. The fourth-order valence-corrected chi connectivity index (χ4v) is 1.60. The number of rotatable bonds is 5. The Morgan fingerprint density at radius 3 is 2.36 bits per heavy atom. The third kappa shape index (κ3) is 4.04. The number of carbonyl (C=O) groups is 2. The van der Waals surface area contributed by atoms with Crippen LogP contribution in [-0.2, 0) is 11.0 Å². The van der Waals surface area contributed by atoms with E-state index in [1.807, 2.05) is 0 Å². The quantitative estimate of drug-likeness (QED) is 0.568. The SMILES string of the molecule is C=CC(O)C(NC(=O)c1ccc(F)cc1C(F)(F)F)C(=O)O. The standard InChI is InChI=1S/C13H11F4NO4/c1-2-9(19)10(12(21)22)18-11(20)7-4-3-6(14)5-8(7)13(15,16)17/h2-5,9-10,19H,1H2,(H,18,20)(H,21,22). The van der Waals surface area contributed by atoms with E-state index in [1.165, 1.54) is 0 Å². The van der Waals surface area contributed by atoms with Gasteiger partial charge in [-0.25, -0.2) is 9.18 Å². The Hall–Kier alpha value is -2.42. The maximum atomic E-state index is 12.9. The number of nitrogens with one attached hydrogen (secondary N) is 1. The van der Waals surface area contributed by atoms with Crippen molar-refractivity contribution in [3.05, 3.63) is 47.8 Å². The number of amides is 1. The number of alkyl halides is 3. The third-order valence-electron chi connectivity index (χ3n) is 2.67. The minimum absolute atomic E-state index is 0.120. The van der Waals surface area contributed by atoms with Gasteiger partial charge in [-0.1, -0.05) is 6.08 Å². The van der Waals surface area contributed by atoms with Gasteiger partial charge in [0.05, 0.1) is 11.1 Å². The van der Waals surface area contributed by atoms with Gasteiger partial charge in [-0.2, -0.15) is 13.2 Å². The van der Waals surface area contributed by atoms with Gasteiger partial charge in [0.25, 0.3) is 5.91 Å². The summed E-state index contributed by atoms with van der Waals surface area (Å²) >= 11 is 0. The van der Waals surface area contributed by atoms with Gasteiger partial charge in [-0.3, -0.25) is 4.79 Å². The highest BCUT2D eigenvalue weighted by molar-refractivity contribution is 5.98. The van der Waals surface area contributed by atoms with Crippen LogP contribution >= 0.6 is 0 Å². The summed E-state index contributed by atoms with van der Waals surface area (Å²) in [7, 11) is 0. The average Bonchev–Trinajstić information content (AvgIpc) is 2.42. The first-order valence-corrected chi connectivity index (χ1v) is 5.79. The van der Waals surface area contributed by atoms with Crippen LogP contribution in [0.5, 0.6) is 0 Å². The van der Waals surface area contributed by atoms with Crippen molar-refractivity contribution >= 4 is 11.9 Å². The lowest BCUT2D eigenvalue weighted by Crippen LogP contribution is -2.48. The molecular formula is C13H11F4NO4. The summed E-state index contributed by atoms with van der Waals surface area (Å²) in [5.74, 6) is -4.29. The number of halogens is 4. The molecule has 0 heterocycles. The number of aliphatic hydroxyl groups is 1. The molecule has 1 amide bonds. The first kappa shape index (κ1) is 17.6. The number of hydrogen-bond donors (Lipinski definition) is 3. The highest BCUT2D eigenvalue weighted by Gasteiger charge is 2.37. The monoisotopic (exact) mass is 321 g/mol. The predicted octanol–water partition coefficient (Wildman–Crippen LogP) is 1.57. The zero-order valence-electron chi connectivity index (χ0n) is 10.9.